The van der Waals surface area contributed by atoms with E-state index < -0.39 is 5.97 Å². The average molecular weight is 281 g/mol. The fourth-order valence-corrected chi connectivity index (χ4v) is 2.51. The van der Waals surface area contributed by atoms with Crippen molar-refractivity contribution in [3.63, 3.8) is 0 Å². The van der Waals surface area contributed by atoms with Crippen LogP contribution in [0.5, 0.6) is 0 Å². The predicted molar refractivity (Wildman–Crippen MR) is 80.6 cm³/mol. The smallest absolute Gasteiger partial charge is 0.336 e. The molecule has 0 atom stereocenters. The summed E-state index contributed by atoms with van der Waals surface area (Å²) in [4.78, 5) is 16.0. The van der Waals surface area contributed by atoms with Crippen molar-refractivity contribution in [1.82, 2.24) is 4.98 Å². The minimum absolute atomic E-state index is 0.248. The topological polar surface area (TPSA) is 63.3 Å². The molecule has 3 aromatic rings. The number of hydrogen-bond donors (Lipinski definition) is 1. The Hall–Kier alpha value is -2.62. The van der Waals surface area contributed by atoms with Crippen LogP contribution in [0.25, 0.3) is 22.6 Å². The summed E-state index contributed by atoms with van der Waals surface area (Å²) in [6, 6.07) is 9.41. The van der Waals surface area contributed by atoms with Gasteiger partial charge < -0.3 is 9.52 Å². The summed E-state index contributed by atoms with van der Waals surface area (Å²) in [7, 11) is 0. The number of hydrogen-bond acceptors (Lipinski definition) is 3. The van der Waals surface area contributed by atoms with Gasteiger partial charge in [-0.05, 0) is 49.6 Å². The first-order valence-electron chi connectivity index (χ1n) is 6.68. The first-order chi connectivity index (χ1) is 9.97. The molecule has 0 unspecified atom stereocenters. The molecule has 106 valence electrons. The Kier molecular flexibility index (Phi) is 3.01. The molecule has 0 aliphatic rings. The predicted octanol–water partition coefficient (Wildman–Crippen LogP) is 4.12. The maximum absolute atomic E-state index is 11.6. The van der Waals surface area contributed by atoms with Gasteiger partial charge in [0.2, 0.25) is 5.89 Å². The number of benzene rings is 2. The second kappa shape index (κ2) is 4.74. The molecule has 0 radical (unpaired) electrons. The zero-order valence-corrected chi connectivity index (χ0v) is 12.1. The van der Waals surface area contributed by atoms with Gasteiger partial charge in [-0.1, -0.05) is 18.2 Å². The monoisotopic (exact) mass is 281 g/mol. The largest absolute Gasteiger partial charge is 0.478 e. The quantitative estimate of drug-likeness (QED) is 0.767. The van der Waals surface area contributed by atoms with E-state index in [1.54, 1.807) is 13.0 Å². The molecule has 1 N–H and O–H groups in total. The number of oxazole rings is 1. The lowest BCUT2D eigenvalue weighted by molar-refractivity contribution is 0.0696. The van der Waals surface area contributed by atoms with E-state index in [0.29, 0.717) is 22.6 Å². The molecule has 0 fully saturated rings. The molecule has 4 heteroatoms. The summed E-state index contributed by atoms with van der Waals surface area (Å²) in [6.07, 6.45) is 0. The van der Waals surface area contributed by atoms with Crippen LogP contribution in [-0.2, 0) is 0 Å². The minimum Gasteiger partial charge on any atom is -0.478 e. The van der Waals surface area contributed by atoms with E-state index in [9.17, 15) is 9.90 Å². The second-order valence-corrected chi connectivity index (χ2v) is 5.24. The molecule has 0 amide bonds. The molecule has 4 nitrogen and oxygen atoms in total. The number of aromatic nitrogens is 1. The van der Waals surface area contributed by atoms with Crippen LogP contribution >= 0.6 is 0 Å². The third kappa shape index (κ3) is 2.18. The van der Waals surface area contributed by atoms with Crippen LogP contribution in [0.4, 0.5) is 0 Å². The Morgan fingerprint density at radius 3 is 2.52 bits per heavy atom. The first-order valence-corrected chi connectivity index (χ1v) is 6.68. The zero-order chi connectivity index (χ0) is 15.1. The van der Waals surface area contributed by atoms with Crippen molar-refractivity contribution in [3.8, 4) is 11.5 Å². The Morgan fingerprint density at radius 2 is 1.81 bits per heavy atom. The van der Waals surface area contributed by atoms with E-state index in [-0.39, 0.29) is 5.56 Å². The number of carboxylic acids is 1. The normalized spacial score (nSPS) is 11.0. The Bertz CT molecular complexity index is 862. The Balaban J connectivity index is 2.32. The highest BCUT2D eigenvalue weighted by Crippen LogP contribution is 2.32. The van der Waals surface area contributed by atoms with Crippen molar-refractivity contribution in [3.05, 3.63) is 52.6 Å². The van der Waals surface area contributed by atoms with Crippen LogP contribution in [0.2, 0.25) is 0 Å². The van der Waals surface area contributed by atoms with Crippen LogP contribution in [0.1, 0.15) is 27.0 Å². The number of aromatic carboxylic acids is 1. The van der Waals surface area contributed by atoms with Crippen molar-refractivity contribution in [1.29, 1.82) is 0 Å². The van der Waals surface area contributed by atoms with E-state index in [1.165, 1.54) is 0 Å². The fourth-order valence-electron chi connectivity index (χ4n) is 2.51. The molecule has 0 aliphatic heterocycles. The van der Waals surface area contributed by atoms with Crippen LogP contribution in [0.15, 0.2) is 34.7 Å². The highest BCUT2D eigenvalue weighted by molar-refractivity contribution is 5.98. The van der Waals surface area contributed by atoms with Crippen molar-refractivity contribution in [2.75, 3.05) is 0 Å². The van der Waals surface area contributed by atoms with E-state index in [4.69, 9.17) is 4.42 Å². The van der Waals surface area contributed by atoms with E-state index in [1.807, 2.05) is 38.1 Å². The maximum Gasteiger partial charge on any atom is 0.336 e. The van der Waals surface area contributed by atoms with Gasteiger partial charge in [0.05, 0.1) is 11.1 Å². The summed E-state index contributed by atoms with van der Waals surface area (Å²) < 4.78 is 5.76. The van der Waals surface area contributed by atoms with Crippen LogP contribution in [0.3, 0.4) is 0 Å². The molecular weight excluding hydrogens is 266 g/mol. The number of nitrogens with zero attached hydrogens (tertiary/aromatic N) is 1. The average Bonchev–Trinajstić information content (AvgIpc) is 2.83. The van der Waals surface area contributed by atoms with Gasteiger partial charge in [-0.15, -0.1) is 0 Å². The molecule has 2 aromatic carbocycles. The second-order valence-electron chi connectivity index (χ2n) is 5.24. The van der Waals surface area contributed by atoms with Crippen molar-refractivity contribution in [2.24, 2.45) is 0 Å². The van der Waals surface area contributed by atoms with Gasteiger partial charge >= 0.3 is 5.97 Å². The SMILES string of the molecule is Cc1ccc2oc(-c3c(C)ccc(C)c3C(=O)O)nc2c1. The lowest BCUT2D eigenvalue weighted by Crippen LogP contribution is -2.04. The van der Waals surface area contributed by atoms with Gasteiger partial charge in [0, 0.05) is 0 Å². The first kappa shape index (κ1) is 13.4. The van der Waals surface area contributed by atoms with E-state index >= 15 is 0 Å². The summed E-state index contributed by atoms with van der Waals surface area (Å²) >= 11 is 0. The van der Waals surface area contributed by atoms with Crippen molar-refractivity contribution < 1.29 is 14.3 Å². The van der Waals surface area contributed by atoms with Gasteiger partial charge in [-0.3, -0.25) is 0 Å². The van der Waals surface area contributed by atoms with Gasteiger partial charge in [-0.2, -0.15) is 0 Å². The van der Waals surface area contributed by atoms with E-state index in [2.05, 4.69) is 4.98 Å². The lowest BCUT2D eigenvalue weighted by Gasteiger charge is -2.09. The molecule has 0 saturated carbocycles. The van der Waals surface area contributed by atoms with Gasteiger partial charge in [0.15, 0.2) is 5.58 Å². The van der Waals surface area contributed by atoms with Crippen LogP contribution in [-0.4, -0.2) is 16.1 Å². The highest BCUT2D eigenvalue weighted by Gasteiger charge is 2.21. The molecule has 1 aromatic heterocycles. The van der Waals surface area contributed by atoms with Crippen LogP contribution < -0.4 is 0 Å². The fraction of sp³-hybridized carbons (Fsp3) is 0.176. The zero-order valence-electron chi connectivity index (χ0n) is 12.1. The third-order valence-electron chi connectivity index (χ3n) is 3.59. The number of carboxylic acid groups (broad SMARTS) is 1. The molecule has 0 bridgehead atoms. The molecule has 0 spiro atoms. The number of fused-ring (bicyclic) bond motifs is 1. The molecule has 1 heterocycles. The van der Waals surface area contributed by atoms with E-state index in [0.717, 1.165) is 16.6 Å². The number of rotatable bonds is 2. The Labute approximate surface area is 122 Å². The number of carbonyl (C=O) groups is 1. The Morgan fingerprint density at radius 1 is 1.10 bits per heavy atom. The van der Waals surface area contributed by atoms with Crippen LogP contribution in [0, 0.1) is 20.8 Å². The molecule has 0 saturated heterocycles. The highest BCUT2D eigenvalue weighted by atomic mass is 16.4. The summed E-state index contributed by atoms with van der Waals surface area (Å²) in [6.45, 7) is 5.62. The van der Waals surface area contributed by atoms with Gasteiger partial charge in [0.25, 0.3) is 0 Å². The lowest BCUT2D eigenvalue weighted by atomic mass is 9.97. The summed E-state index contributed by atoms with van der Waals surface area (Å²) in [5.74, 6) is -0.612. The summed E-state index contributed by atoms with van der Waals surface area (Å²) in [5.41, 5.74) is 4.81. The third-order valence-corrected chi connectivity index (χ3v) is 3.59. The standard InChI is InChI=1S/C17H15NO3/c1-9-4-7-13-12(8-9)18-16(21-13)14-10(2)5-6-11(3)15(14)17(19)20/h4-8H,1-3H3,(H,19,20). The van der Waals surface area contributed by atoms with Crippen molar-refractivity contribution >= 4 is 17.1 Å². The van der Waals surface area contributed by atoms with Gasteiger partial charge in [-0.25, -0.2) is 9.78 Å². The minimum atomic E-state index is -0.968. The molecule has 0 aliphatic carbocycles. The molecular formula is C17H15NO3. The van der Waals surface area contributed by atoms with Gasteiger partial charge in [0.1, 0.15) is 5.52 Å². The maximum atomic E-state index is 11.6. The molecule has 3 rings (SSSR count). The van der Waals surface area contributed by atoms with Crippen molar-refractivity contribution in [2.45, 2.75) is 20.8 Å². The number of aryl methyl sites for hydroxylation is 3. The summed E-state index contributed by atoms with van der Waals surface area (Å²) in [5, 5.41) is 9.48. The molecule has 21 heavy (non-hydrogen) atoms.